The lowest BCUT2D eigenvalue weighted by molar-refractivity contribution is 0.0880. The third kappa shape index (κ3) is 4.91. The highest BCUT2D eigenvalue weighted by Gasteiger charge is 2.38. The van der Waals surface area contributed by atoms with E-state index in [0.29, 0.717) is 13.0 Å². The summed E-state index contributed by atoms with van der Waals surface area (Å²) in [5.74, 6) is -0.0737. The summed E-state index contributed by atoms with van der Waals surface area (Å²) in [7, 11) is -6.91. The van der Waals surface area contributed by atoms with E-state index in [0.717, 1.165) is 18.4 Å². The number of nitrogens with zero attached hydrogens (tertiary/aromatic N) is 1. The molecule has 0 aliphatic carbocycles. The summed E-state index contributed by atoms with van der Waals surface area (Å²) in [6.07, 6.45) is 3.42. The maximum absolute atomic E-state index is 12.9. The average Bonchev–Trinajstić information content (AvgIpc) is 3.21. The molecule has 2 heterocycles. The van der Waals surface area contributed by atoms with Crippen molar-refractivity contribution in [2.45, 2.75) is 31.4 Å². The number of rotatable bonds is 6. The van der Waals surface area contributed by atoms with Gasteiger partial charge in [-0.05, 0) is 30.9 Å². The normalized spacial score (nSPS) is 26.6. The molecule has 2 saturated heterocycles. The molecule has 0 unspecified atom stereocenters. The van der Waals surface area contributed by atoms with Gasteiger partial charge in [0.25, 0.3) is 0 Å². The van der Waals surface area contributed by atoms with Crippen LogP contribution < -0.4 is 0 Å². The molecule has 0 N–H and O–H groups in total. The third-order valence-corrected chi connectivity index (χ3v) is 7.91. The van der Waals surface area contributed by atoms with Crippen LogP contribution in [0.2, 0.25) is 0 Å². The van der Waals surface area contributed by atoms with Crippen molar-refractivity contribution in [3.05, 3.63) is 41.3 Å². The van der Waals surface area contributed by atoms with Gasteiger partial charge in [0.05, 0.1) is 17.6 Å². The van der Waals surface area contributed by atoms with E-state index >= 15 is 0 Å². The molecule has 0 spiro atoms. The molecule has 138 valence electrons. The van der Waals surface area contributed by atoms with Crippen LogP contribution >= 0.6 is 0 Å². The Labute approximate surface area is 149 Å². The average molecular weight is 386 g/mol. The largest absolute Gasteiger partial charge is 0.377 e. The molecule has 1 aromatic carbocycles. The number of ether oxygens (including phenoxy) is 1. The molecule has 0 radical (unpaired) electrons. The van der Waals surface area contributed by atoms with Crippen LogP contribution in [0.15, 0.2) is 35.7 Å². The number of hydrogen-bond acceptors (Lipinski definition) is 5. The minimum atomic E-state index is -3.73. The first-order valence-corrected chi connectivity index (χ1v) is 11.8. The zero-order valence-corrected chi connectivity index (χ0v) is 15.6. The van der Waals surface area contributed by atoms with Gasteiger partial charge in [-0.1, -0.05) is 30.3 Å². The standard InChI is InChI=1S/C17H23NO5S2/c19-24(20)11-9-16(14-24)18(13-17-7-4-10-23-17)25(21,22)12-8-15-5-2-1-3-6-15/h1-3,5-6,8,12,16-17H,4,7,9-11,13-14H2/b12-8+/t16-,17-/m1/s1. The van der Waals surface area contributed by atoms with E-state index in [2.05, 4.69) is 0 Å². The van der Waals surface area contributed by atoms with Gasteiger partial charge in [-0.3, -0.25) is 0 Å². The van der Waals surface area contributed by atoms with Gasteiger partial charge in [0, 0.05) is 24.6 Å². The topological polar surface area (TPSA) is 80.8 Å². The summed E-state index contributed by atoms with van der Waals surface area (Å²) >= 11 is 0. The van der Waals surface area contributed by atoms with Crippen LogP contribution in [0.5, 0.6) is 0 Å². The highest BCUT2D eigenvalue weighted by atomic mass is 32.2. The first-order valence-electron chi connectivity index (χ1n) is 8.43. The lowest BCUT2D eigenvalue weighted by Gasteiger charge is -2.28. The molecule has 6 nitrogen and oxygen atoms in total. The predicted octanol–water partition coefficient (Wildman–Crippen LogP) is 1.66. The fourth-order valence-corrected chi connectivity index (χ4v) is 6.54. The predicted molar refractivity (Wildman–Crippen MR) is 97.1 cm³/mol. The van der Waals surface area contributed by atoms with E-state index in [1.165, 1.54) is 9.71 Å². The molecule has 0 aromatic heterocycles. The van der Waals surface area contributed by atoms with Gasteiger partial charge in [0.1, 0.15) is 0 Å². The van der Waals surface area contributed by atoms with E-state index in [1.807, 2.05) is 30.3 Å². The van der Waals surface area contributed by atoms with Crippen molar-refractivity contribution < 1.29 is 21.6 Å². The number of sulfone groups is 1. The second-order valence-corrected chi connectivity index (χ2v) is 10.5. The maximum atomic E-state index is 12.9. The second kappa shape index (κ2) is 7.57. The second-order valence-electron chi connectivity index (χ2n) is 6.52. The Bertz CT molecular complexity index is 812. The first-order chi connectivity index (χ1) is 11.9. The summed E-state index contributed by atoms with van der Waals surface area (Å²) in [6.45, 7) is 0.836. The molecule has 0 amide bonds. The Kier molecular flexibility index (Phi) is 5.62. The summed E-state index contributed by atoms with van der Waals surface area (Å²) in [5, 5.41) is 1.17. The van der Waals surface area contributed by atoms with Crippen molar-refractivity contribution in [1.82, 2.24) is 4.31 Å². The fourth-order valence-electron chi connectivity index (χ4n) is 3.26. The van der Waals surface area contributed by atoms with Crippen LogP contribution in [0.3, 0.4) is 0 Å². The van der Waals surface area contributed by atoms with E-state index in [1.54, 1.807) is 6.08 Å². The summed E-state index contributed by atoms with van der Waals surface area (Å²) in [4.78, 5) is 0. The van der Waals surface area contributed by atoms with E-state index in [4.69, 9.17) is 4.74 Å². The minimum absolute atomic E-state index is 0.0393. The summed E-state index contributed by atoms with van der Waals surface area (Å²) in [6, 6.07) is 8.64. The summed E-state index contributed by atoms with van der Waals surface area (Å²) in [5.41, 5.74) is 0.780. The minimum Gasteiger partial charge on any atom is -0.377 e. The molecular weight excluding hydrogens is 362 g/mol. The molecule has 1 aromatic rings. The number of benzene rings is 1. The van der Waals surface area contributed by atoms with Crippen molar-refractivity contribution in [2.24, 2.45) is 0 Å². The number of hydrogen-bond donors (Lipinski definition) is 0. The van der Waals surface area contributed by atoms with Crippen LogP contribution in [0.25, 0.3) is 6.08 Å². The molecule has 0 bridgehead atoms. The van der Waals surface area contributed by atoms with E-state index in [-0.39, 0.29) is 24.2 Å². The van der Waals surface area contributed by atoms with Gasteiger partial charge in [-0.2, -0.15) is 4.31 Å². The van der Waals surface area contributed by atoms with Crippen LogP contribution in [-0.2, 0) is 24.6 Å². The van der Waals surface area contributed by atoms with Crippen molar-refractivity contribution >= 4 is 25.9 Å². The van der Waals surface area contributed by atoms with Crippen molar-refractivity contribution in [3.8, 4) is 0 Å². The lowest BCUT2D eigenvalue weighted by Crippen LogP contribution is -2.44. The zero-order chi connectivity index (χ0) is 17.9. The quantitative estimate of drug-likeness (QED) is 0.744. The van der Waals surface area contributed by atoms with Gasteiger partial charge < -0.3 is 4.74 Å². The molecule has 0 saturated carbocycles. The molecule has 25 heavy (non-hydrogen) atoms. The van der Waals surface area contributed by atoms with E-state index in [9.17, 15) is 16.8 Å². The van der Waals surface area contributed by atoms with Crippen molar-refractivity contribution in [1.29, 1.82) is 0 Å². The van der Waals surface area contributed by atoms with Crippen molar-refractivity contribution in [2.75, 3.05) is 24.7 Å². The summed E-state index contributed by atoms with van der Waals surface area (Å²) < 4.78 is 56.3. The molecule has 8 heteroatoms. The van der Waals surface area contributed by atoms with Gasteiger partial charge in [0.2, 0.25) is 10.0 Å². The maximum Gasteiger partial charge on any atom is 0.236 e. The Balaban J connectivity index is 1.82. The third-order valence-electron chi connectivity index (χ3n) is 4.58. The Morgan fingerprint density at radius 2 is 1.96 bits per heavy atom. The van der Waals surface area contributed by atoms with Gasteiger partial charge in [-0.25, -0.2) is 16.8 Å². The highest BCUT2D eigenvalue weighted by molar-refractivity contribution is 7.93. The smallest absolute Gasteiger partial charge is 0.236 e. The molecule has 3 rings (SSSR count). The van der Waals surface area contributed by atoms with Gasteiger partial charge in [-0.15, -0.1) is 0 Å². The Hall–Kier alpha value is -1.22. The highest BCUT2D eigenvalue weighted by Crippen LogP contribution is 2.25. The van der Waals surface area contributed by atoms with Crippen molar-refractivity contribution in [3.63, 3.8) is 0 Å². The fraction of sp³-hybridized carbons (Fsp3) is 0.529. The molecule has 2 aliphatic rings. The molecule has 2 aliphatic heterocycles. The Morgan fingerprint density at radius 1 is 1.20 bits per heavy atom. The van der Waals surface area contributed by atoms with Crippen LogP contribution in [0.4, 0.5) is 0 Å². The lowest BCUT2D eigenvalue weighted by atomic mass is 10.2. The Morgan fingerprint density at radius 3 is 2.56 bits per heavy atom. The van der Waals surface area contributed by atoms with Crippen LogP contribution in [-0.4, -0.2) is 57.9 Å². The molecule has 2 atom stereocenters. The first kappa shape index (κ1) is 18.6. The van der Waals surface area contributed by atoms with Gasteiger partial charge in [0.15, 0.2) is 9.84 Å². The number of sulfonamides is 1. The van der Waals surface area contributed by atoms with Crippen LogP contribution in [0, 0.1) is 0 Å². The molecular formula is C17H23NO5S2. The SMILES string of the molecule is O=S1(=O)CC[C@@H](N(C[C@H]2CCCO2)S(=O)(=O)/C=C/c2ccccc2)C1. The van der Waals surface area contributed by atoms with Crippen LogP contribution in [0.1, 0.15) is 24.8 Å². The molecule has 2 fully saturated rings. The van der Waals surface area contributed by atoms with E-state index < -0.39 is 25.9 Å². The monoisotopic (exact) mass is 385 g/mol. The zero-order valence-electron chi connectivity index (χ0n) is 14.0. The van der Waals surface area contributed by atoms with Gasteiger partial charge >= 0.3 is 0 Å².